The molecule has 7 nitrogen and oxygen atoms in total. The molecule has 1 aliphatic heterocycles. The van der Waals surface area contributed by atoms with E-state index in [-0.39, 0.29) is 23.1 Å². The minimum Gasteiger partial charge on any atom is -0.455 e. The smallest absolute Gasteiger partial charge is 0.338 e. The number of sulfonamides is 1. The fourth-order valence-corrected chi connectivity index (χ4v) is 5.84. The van der Waals surface area contributed by atoms with Gasteiger partial charge in [0.1, 0.15) is 12.3 Å². The standard InChI is InChI=1S/C21H22N2O5S2/c1-15-5-2-3-11-23(15)30(25,26)18-9-7-16(8-10-18)21(24)27-14-17-13-19(28-22-17)20-6-4-12-29-20/h4,6-10,12-13,15H,2-3,5,11,14H2,1H3. The largest absolute Gasteiger partial charge is 0.455 e. The molecule has 3 aromatic rings. The molecule has 158 valence electrons. The Morgan fingerprint density at radius 1 is 1.27 bits per heavy atom. The zero-order valence-corrected chi connectivity index (χ0v) is 18.1. The van der Waals surface area contributed by atoms with Crippen LogP contribution in [0.5, 0.6) is 0 Å². The molecule has 4 rings (SSSR count). The van der Waals surface area contributed by atoms with Crippen molar-refractivity contribution in [2.75, 3.05) is 6.54 Å². The number of esters is 1. The summed E-state index contributed by atoms with van der Waals surface area (Å²) in [6.07, 6.45) is 2.77. The second-order valence-corrected chi connectivity index (χ2v) is 10.1. The molecule has 1 unspecified atom stereocenters. The molecule has 1 saturated heterocycles. The third-order valence-corrected chi connectivity index (χ3v) is 8.02. The lowest BCUT2D eigenvalue weighted by molar-refractivity contribution is 0.0464. The summed E-state index contributed by atoms with van der Waals surface area (Å²) in [5.41, 5.74) is 0.785. The normalized spacial score (nSPS) is 17.7. The van der Waals surface area contributed by atoms with E-state index in [1.807, 2.05) is 24.4 Å². The van der Waals surface area contributed by atoms with Gasteiger partial charge in [-0.25, -0.2) is 13.2 Å². The number of ether oxygens (including phenoxy) is 1. The average molecular weight is 447 g/mol. The minimum atomic E-state index is -3.57. The number of piperidine rings is 1. The Balaban J connectivity index is 1.39. The van der Waals surface area contributed by atoms with Crippen molar-refractivity contribution < 1.29 is 22.5 Å². The van der Waals surface area contributed by atoms with E-state index in [0.717, 1.165) is 24.1 Å². The third-order valence-electron chi connectivity index (χ3n) is 5.11. The van der Waals surface area contributed by atoms with Gasteiger partial charge in [-0.3, -0.25) is 0 Å². The first kappa shape index (κ1) is 20.8. The maximum Gasteiger partial charge on any atom is 0.338 e. The van der Waals surface area contributed by atoms with Crippen molar-refractivity contribution in [2.45, 2.75) is 43.7 Å². The van der Waals surface area contributed by atoms with Crippen molar-refractivity contribution in [1.82, 2.24) is 9.46 Å². The minimum absolute atomic E-state index is 0.0186. The number of carbonyl (C=O) groups is 1. The molecular weight excluding hydrogens is 424 g/mol. The molecule has 0 radical (unpaired) electrons. The number of hydrogen-bond donors (Lipinski definition) is 0. The van der Waals surface area contributed by atoms with E-state index >= 15 is 0 Å². The molecular formula is C21H22N2O5S2. The Morgan fingerprint density at radius 2 is 2.07 bits per heavy atom. The number of carbonyl (C=O) groups excluding carboxylic acids is 1. The lowest BCUT2D eigenvalue weighted by Gasteiger charge is -2.32. The second-order valence-electron chi connectivity index (χ2n) is 7.22. The van der Waals surface area contributed by atoms with Gasteiger partial charge in [0.05, 0.1) is 15.3 Å². The molecule has 9 heteroatoms. The van der Waals surface area contributed by atoms with E-state index in [1.165, 1.54) is 35.6 Å². The first-order valence-electron chi connectivity index (χ1n) is 9.73. The predicted octanol–water partition coefficient (Wildman–Crippen LogP) is 4.32. The van der Waals surface area contributed by atoms with E-state index in [9.17, 15) is 13.2 Å². The molecule has 0 bridgehead atoms. The Kier molecular flexibility index (Phi) is 6.03. The Hall–Kier alpha value is -2.49. The highest BCUT2D eigenvalue weighted by atomic mass is 32.2. The number of hydrogen-bond acceptors (Lipinski definition) is 7. The molecule has 1 fully saturated rings. The maximum absolute atomic E-state index is 12.9. The summed E-state index contributed by atoms with van der Waals surface area (Å²) in [4.78, 5) is 13.5. The average Bonchev–Trinajstić information content (AvgIpc) is 3.44. The summed E-state index contributed by atoms with van der Waals surface area (Å²) in [5.74, 6) is 0.0727. The van der Waals surface area contributed by atoms with Gasteiger partial charge in [0.15, 0.2) is 5.76 Å². The molecule has 0 amide bonds. The Labute approximate surface area is 179 Å². The van der Waals surface area contributed by atoms with Crippen molar-refractivity contribution in [2.24, 2.45) is 0 Å². The lowest BCUT2D eigenvalue weighted by Crippen LogP contribution is -2.41. The number of rotatable bonds is 6. The molecule has 3 heterocycles. The first-order valence-corrected chi connectivity index (χ1v) is 12.1. The lowest BCUT2D eigenvalue weighted by atomic mass is 10.1. The van der Waals surface area contributed by atoms with E-state index < -0.39 is 16.0 Å². The number of thiophene rings is 1. The third kappa shape index (κ3) is 4.33. The Morgan fingerprint density at radius 3 is 2.77 bits per heavy atom. The van der Waals surface area contributed by atoms with Gasteiger partial charge in [0.2, 0.25) is 10.0 Å². The molecule has 2 aromatic heterocycles. The van der Waals surface area contributed by atoms with Crippen LogP contribution in [0.25, 0.3) is 10.6 Å². The van der Waals surface area contributed by atoms with Crippen LogP contribution in [0.1, 0.15) is 42.2 Å². The van der Waals surface area contributed by atoms with Crippen LogP contribution in [0.3, 0.4) is 0 Å². The molecule has 0 aliphatic carbocycles. The summed E-state index contributed by atoms with van der Waals surface area (Å²) >= 11 is 1.53. The topological polar surface area (TPSA) is 89.7 Å². The van der Waals surface area contributed by atoms with E-state index in [1.54, 1.807) is 10.4 Å². The summed E-state index contributed by atoms with van der Waals surface area (Å²) < 4.78 is 37.9. The highest BCUT2D eigenvalue weighted by Gasteiger charge is 2.31. The quantitative estimate of drug-likeness (QED) is 0.524. The summed E-state index contributed by atoms with van der Waals surface area (Å²) in [5, 5.41) is 5.85. The monoisotopic (exact) mass is 446 g/mol. The molecule has 1 atom stereocenters. The fourth-order valence-electron chi connectivity index (χ4n) is 3.46. The summed E-state index contributed by atoms with van der Waals surface area (Å²) in [7, 11) is -3.57. The second kappa shape index (κ2) is 8.71. The molecule has 0 spiro atoms. The molecule has 1 aliphatic rings. The number of aromatic nitrogens is 1. The fraction of sp³-hybridized carbons (Fsp3) is 0.333. The van der Waals surface area contributed by atoms with Gasteiger partial charge in [-0.15, -0.1) is 11.3 Å². The van der Waals surface area contributed by atoms with E-state index in [4.69, 9.17) is 9.26 Å². The van der Waals surface area contributed by atoms with Crippen LogP contribution >= 0.6 is 11.3 Å². The highest BCUT2D eigenvalue weighted by molar-refractivity contribution is 7.89. The zero-order valence-electron chi connectivity index (χ0n) is 16.5. The highest BCUT2D eigenvalue weighted by Crippen LogP contribution is 2.26. The van der Waals surface area contributed by atoms with Crippen molar-refractivity contribution in [3.63, 3.8) is 0 Å². The molecule has 30 heavy (non-hydrogen) atoms. The van der Waals surface area contributed by atoms with Crippen molar-refractivity contribution in [3.05, 3.63) is 59.1 Å². The van der Waals surface area contributed by atoms with E-state index in [0.29, 0.717) is 18.0 Å². The maximum atomic E-state index is 12.9. The van der Waals surface area contributed by atoms with Gasteiger partial charge >= 0.3 is 5.97 Å². The summed E-state index contributed by atoms with van der Waals surface area (Å²) in [6.45, 7) is 2.42. The number of benzene rings is 1. The van der Waals surface area contributed by atoms with E-state index in [2.05, 4.69) is 5.16 Å². The van der Waals surface area contributed by atoms with Crippen LogP contribution < -0.4 is 0 Å². The Bertz CT molecular complexity index is 1100. The number of nitrogens with zero attached hydrogens (tertiary/aromatic N) is 2. The predicted molar refractivity (Wildman–Crippen MR) is 113 cm³/mol. The van der Waals surface area contributed by atoms with Gasteiger partial charge in [0, 0.05) is 18.7 Å². The van der Waals surface area contributed by atoms with Crippen LogP contribution in [-0.2, 0) is 21.4 Å². The van der Waals surface area contributed by atoms with Crippen molar-refractivity contribution in [3.8, 4) is 10.6 Å². The molecule has 0 saturated carbocycles. The van der Waals surface area contributed by atoms with Gasteiger partial charge in [-0.1, -0.05) is 17.6 Å². The van der Waals surface area contributed by atoms with Gasteiger partial charge in [-0.2, -0.15) is 4.31 Å². The first-order chi connectivity index (χ1) is 14.4. The van der Waals surface area contributed by atoms with Crippen LogP contribution in [0.4, 0.5) is 0 Å². The summed E-state index contributed by atoms with van der Waals surface area (Å²) in [6, 6.07) is 11.4. The van der Waals surface area contributed by atoms with Crippen LogP contribution in [0, 0.1) is 0 Å². The van der Waals surface area contributed by atoms with Gasteiger partial charge in [-0.05, 0) is 55.5 Å². The van der Waals surface area contributed by atoms with Crippen LogP contribution in [0.15, 0.2) is 57.3 Å². The van der Waals surface area contributed by atoms with Crippen molar-refractivity contribution >= 4 is 27.3 Å². The molecule has 0 N–H and O–H groups in total. The van der Waals surface area contributed by atoms with Crippen LogP contribution in [0.2, 0.25) is 0 Å². The SMILES string of the molecule is CC1CCCCN1S(=O)(=O)c1ccc(C(=O)OCc2cc(-c3cccs3)on2)cc1. The van der Waals surface area contributed by atoms with Gasteiger partial charge < -0.3 is 9.26 Å². The van der Waals surface area contributed by atoms with Crippen LogP contribution in [-0.4, -0.2) is 36.4 Å². The zero-order chi connectivity index (χ0) is 21.1. The van der Waals surface area contributed by atoms with Crippen molar-refractivity contribution in [1.29, 1.82) is 0 Å². The van der Waals surface area contributed by atoms with Gasteiger partial charge in [0.25, 0.3) is 0 Å². The molecule has 1 aromatic carbocycles.